The first-order valence-corrected chi connectivity index (χ1v) is 5.79. The van der Waals surface area contributed by atoms with Gasteiger partial charge in [0.05, 0.1) is 16.7 Å². The highest BCUT2D eigenvalue weighted by Gasteiger charge is 2.18. The van der Waals surface area contributed by atoms with Crippen molar-refractivity contribution in [2.45, 2.75) is 25.6 Å². The second-order valence-electron chi connectivity index (χ2n) is 3.89. The molecule has 1 aromatic heterocycles. The van der Waals surface area contributed by atoms with Crippen molar-refractivity contribution in [2.24, 2.45) is 5.92 Å². The van der Waals surface area contributed by atoms with Crippen molar-refractivity contribution in [3.8, 4) is 0 Å². The Morgan fingerprint density at radius 1 is 1.47 bits per heavy atom. The maximum Gasteiger partial charge on any atom is 0.238 e. The summed E-state index contributed by atoms with van der Waals surface area (Å²) in [4.78, 5) is 15.5. The van der Waals surface area contributed by atoms with Gasteiger partial charge in [-0.05, 0) is 24.5 Å². The van der Waals surface area contributed by atoms with Crippen LogP contribution >= 0.6 is 15.9 Å². The molecule has 0 saturated heterocycles. The topological polar surface area (TPSA) is 42.0 Å². The summed E-state index contributed by atoms with van der Waals surface area (Å²) in [6.45, 7) is 5.93. The van der Waals surface area contributed by atoms with Crippen LogP contribution in [0.2, 0.25) is 0 Å². The van der Waals surface area contributed by atoms with Gasteiger partial charge in [-0.1, -0.05) is 29.8 Å². The van der Waals surface area contributed by atoms with Crippen molar-refractivity contribution >= 4 is 27.5 Å². The van der Waals surface area contributed by atoms with E-state index < -0.39 is 0 Å². The second-order valence-corrected chi connectivity index (χ2v) is 4.87. The second kappa shape index (κ2) is 5.26. The van der Waals surface area contributed by atoms with E-state index in [4.69, 9.17) is 0 Å². The lowest BCUT2D eigenvalue weighted by molar-refractivity contribution is -0.116. The Morgan fingerprint density at radius 3 is 2.67 bits per heavy atom. The van der Waals surface area contributed by atoms with E-state index in [2.05, 4.69) is 26.2 Å². The first-order chi connectivity index (χ1) is 7.00. The van der Waals surface area contributed by atoms with Crippen LogP contribution in [-0.4, -0.2) is 15.7 Å². The fourth-order valence-electron chi connectivity index (χ4n) is 1.14. The molecule has 1 rings (SSSR count). The molecule has 1 unspecified atom stereocenters. The van der Waals surface area contributed by atoms with Crippen molar-refractivity contribution in [3.63, 3.8) is 0 Å². The molecule has 0 spiro atoms. The molecular formula is C11H15BrN2O. The summed E-state index contributed by atoms with van der Waals surface area (Å²) >= 11 is 3.35. The number of nitrogens with zero attached hydrogens (tertiary/aromatic N) is 1. The molecule has 1 atom stereocenters. The van der Waals surface area contributed by atoms with Gasteiger partial charge in [0, 0.05) is 6.20 Å². The van der Waals surface area contributed by atoms with Gasteiger partial charge in [-0.3, -0.25) is 9.78 Å². The summed E-state index contributed by atoms with van der Waals surface area (Å²) in [6.07, 6.45) is 3.40. The molecule has 3 nitrogen and oxygen atoms in total. The lowest BCUT2D eigenvalue weighted by Gasteiger charge is -2.13. The minimum Gasteiger partial charge on any atom is -0.324 e. The summed E-state index contributed by atoms with van der Waals surface area (Å²) < 4.78 is 0. The number of aryl methyl sites for hydroxylation is 1. The lowest BCUT2D eigenvalue weighted by atomic mass is 10.1. The molecule has 0 aliphatic heterocycles. The Kier molecular flexibility index (Phi) is 4.27. The number of alkyl halides is 1. The van der Waals surface area contributed by atoms with Crippen LogP contribution in [0.3, 0.4) is 0 Å². The largest absolute Gasteiger partial charge is 0.324 e. The zero-order valence-electron chi connectivity index (χ0n) is 9.12. The SMILES string of the molecule is Cc1cncc(NC(=O)C(Br)C(C)C)c1. The Morgan fingerprint density at radius 2 is 2.13 bits per heavy atom. The molecule has 0 fully saturated rings. The van der Waals surface area contributed by atoms with E-state index in [1.165, 1.54) is 0 Å². The number of rotatable bonds is 3. The third-order valence-corrected chi connectivity index (χ3v) is 3.45. The fourth-order valence-corrected chi connectivity index (χ4v) is 1.25. The van der Waals surface area contributed by atoms with Crippen LogP contribution < -0.4 is 5.32 Å². The molecule has 1 N–H and O–H groups in total. The van der Waals surface area contributed by atoms with Crippen molar-refractivity contribution in [3.05, 3.63) is 24.0 Å². The molecule has 4 heteroatoms. The zero-order valence-corrected chi connectivity index (χ0v) is 10.7. The van der Waals surface area contributed by atoms with Gasteiger partial charge in [-0.15, -0.1) is 0 Å². The quantitative estimate of drug-likeness (QED) is 0.859. The molecule has 0 aliphatic carbocycles. The van der Waals surface area contributed by atoms with Crippen LogP contribution in [0.25, 0.3) is 0 Å². The highest BCUT2D eigenvalue weighted by atomic mass is 79.9. The average Bonchev–Trinajstić information content (AvgIpc) is 2.16. The van der Waals surface area contributed by atoms with Crippen molar-refractivity contribution in [2.75, 3.05) is 5.32 Å². The standard InChI is InChI=1S/C11H15BrN2O/c1-7(2)10(12)11(15)14-9-4-8(3)5-13-6-9/h4-7,10H,1-3H3,(H,14,15). The van der Waals surface area contributed by atoms with Crippen molar-refractivity contribution < 1.29 is 4.79 Å². The number of nitrogens with one attached hydrogen (secondary N) is 1. The minimum absolute atomic E-state index is 0.0302. The van der Waals surface area contributed by atoms with E-state index in [1.54, 1.807) is 12.4 Å². The minimum atomic E-state index is -0.169. The predicted octanol–water partition coefficient (Wildman–Crippen LogP) is 2.75. The van der Waals surface area contributed by atoms with Crippen LogP contribution in [0.4, 0.5) is 5.69 Å². The number of anilines is 1. The molecule has 0 bridgehead atoms. The smallest absolute Gasteiger partial charge is 0.238 e. The van der Waals surface area contributed by atoms with Gasteiger partial charge in [0.25, 0.3) is 0 Å². The average molecular weight is 271 g/mol. The third kappa shape index (κ3) is 3.63. The summed E-state index contributed by atoms with van der Waals surface area (Å²) in [7, 11) is 0. The molecule has 15 heavy (non-hydrogen) atoms. The van der Waals surface area contributed by atoms with Gasteiger partial charge in [0.1, 0.15) is 0 Å². The van der Waals surface area contributed by atoms with Crippen LogP contribution in [-0.2, 0) is 4.79 Å². The van der Waals surface area contributed by atoms with Crippen LogP contribution in [0.5, 0.6) is 0 Å². The summed E-state index contributed by atoms with van der Waals surface area (Å²) in [6, 6.07) is 1.89. The van der Waals surface area contributed by atoms with Crippen molar-refractivity contribution in [1.29, 1.82) is 0 Å². The maximum atomic E-state index is 11.7. The van der Waals surface area contributed by atoms with E-state index in [-0.39, 0.29) is 16.7 Å². The molecule has 0 aliphatic rings. The van der Waals surface area contributed by atoms with E-state index in [1.807, 2.05) is 26.8 Å². The first-order valence-electron chi connectivity index (χ1n) is 4.87. The molecule has 0 aromatic carbocycles. The predicted molar refractivity (Wildman–Crippen MR) is 65.2 cm³/mol. The molecule has 0 saturated carbocycles. The first kappa shape index (κ1) is 12.2. The number of pyridine rings is 1. The number of aromatic nitrogens is 1. The van der Waals surface area contributed by atoms with Gasteiger partial charge in [0.15, 0.2) is 0 Å². The normalized spacial score (nSPS) is 12.6. The monoisotopic (exact) mass is 270 g/mol. The number of carbonyl (C=O) groups excluding carboxylic acids is 1. The van der Waals surface area contributed by atoms with Gasteiger partial charge < -0.3 is 5.32 Å². The Labute approximate surface area is 98.4 Å². The fraction of sp³-hybridized carbons (Fsp3) is 0.455. The molecule has 1 amide bonds. The number of carbonyl (C=O) groups is 1. The van der Waals surface area contributed by atoms with E-state index >= 15 is 0 Å². The number of amides is 1. The Bertz CT molecular complexity index is 352. The van der Waals surface area contributed by atoms with Gasteiger partial charge in [-0.2, -0.15) is 0 Å². The lowest BCUT2D eigenvalue weighted by Crippen LogP contribution is -2.27. The van der Waals surface area contributed by atoms with Crippen LogP contribution in [0.15, 0.2) is 18.5 Å². The molecule has 1 heterocycles. The number of hydrogen-bond donors (Lipinski definition) is 1. The molecule has 0 radical (unpaired) electrons. The summed E-state index contributed by atoms with van der Waals surface area (Å²) in [5.41, 5.74) is 1.77. The third-order valence-electron chi connectivity index (χ3n) is 1.98. The molecule has 1 aromatic rings. The Balaban J connectivity index is 2.66. The van der Waals surface area contributed by atoms with Crippen LogP contribution in [0, 0.1) is 12.8 Å². The summed E-state index contributed by atoms with van der Waals surface area (Å²) in [5.74, 6) is 0.236. The molecule has 82 valence electrons. The van der Waals surface area contributed by atoms with Crippen molar-refractivity contribution in [1.82, 2.24) is 4.98 Å². The van der Waals surface area contributed by atoms with E-state index in [0.29, 0.717) is 0 Å². The highest BCUT2D eigenvalue weighted by Crippen LogP contribution is 2.15. The van der Waals surface area contributed by atoms with Crippen LogP contribution in [0.1, 0.15) is 19.4 Å². The summed E-state index contributed by atoms with van der Waals surface area (Å²) in [5, 5.41) is 2.82. The van der Waals surface area contributed by atoms with Gasteiger partial charge >= 0.3 is 0 Å². The van der Waals surface area contributed by atoms with E-state index in [9.17, 15) is 4.79 Å². The van der Waals surface area contributed by atoms with E-state index in [0.717, 1.165) is 11.3 Å². The Hall–Kier alpha value is -0.900. The highest BCUT2D eigenvalue weighted by molar-refractivity contribution is 9.10. The van der Waals surface area contributed by atoms with Gasteiger partial charge in [0.2, 0.25) is 5.91 Å². The van der Waals surface area contributed by atoms with Gasteiger partial charge in [-0.25, -0.2) is 0 Å². The maximum absolute atomic E-state index is 11.7. The molecular weight excluding hydrogens is 256 g/mol. The number of hydrogen-bond acceptors (Lipinski definition) is 2. The zero-order chi connectivity index (χ0) is 11.4. The number of halogens is 1.